The summed E-state index contributed by atoms with van der Waals surface area (Å²) in [6.45, 7) is 5.38. The van der Waals surface area contributed by atoms with Crippen molar-refractivity contribution >= 4 is 28.1 Å². The minimum Gasteiger partial charge on any atom is -0.342 e. The zero-order valence-electron chi connectivity index (χ0n) is 21.7. The van der Waals surface area contributed by atoms with Crippen LogP contribution < -0.4 is 5.32 Å². The van der Waals surface area contributed by atoms with Gasteiger partial charge < -0.3 is 14.8 Å². The van der Waals surface area contributed by atoms with Crippen molar-refractivity contribution in [3.8, 4) is 11.4 Å². The second kappa shape index (κ2) is 11.9. The van der Waals surface area contributed by atoms with Crippen LogP contribution in [0.5, 0.6) is 0 Å². The Kier molecular flexibility index (Phi) is 8.56. The van der Waals surface area contributed by atoms with E-state index in [1.165, 1.54) is 23.0 Å². The third-order valence-electron chi connectivity index (χ3n) is 6.47. The van der Waals surface area contributed by atoms with Crippen molar-refractivity contribution in [2.24, 2.45) is 0 Å². The first-order chi connectivity index (χ1) is 18.2. The molecule has 1 N–H and O–H groups in total. The lowest BCUT2D eigenvalue weighted by Crippen LogP contribution is -2.28. The molecule has 0 aliphatic heterocycles. The fourth-order valence-corrected chi connectivity index (χ4v) is 5.02. The van der Waals surface area contributed by atoms with E-state index in [0.717, 1.165) is 42.8 Å². The SMILES string of the molecule is CCCCN(C)C(=O)c1cc(-c2csc(Nc3cccc(C(F)(F)F)c3)n2)n(CCc2ccccc2)c1C. The maximum atomic E-state index is 13.3. The van der Waals surface area contributed by atoms with Crippen LogP contribution in [0.25, 0.3) is 11.4 Å². The molecule has 0 spiro atoms. The van der Waals surface area contributed by atoms with Gasteiger partial charge in [-0.3, -0.25) is 4.79 Å². The number of aromatic nitrogens is 2. The van der Waals surface area contributed by atoms with Crippen LogP contribution in [0.15, 0.2) is 66.0 Å². The fraction of sp³-hybridized carbons (Fsp3) is 0.310. The summed E-state index contributed by atoms with van der Waals surface area (Å²) in [6.07, 6.45) is -1.71. The number of thiazole rings is 1. The number of carbonyl (C=O) groups is 1. The van der Waals surface area contributed by atoms with E-state index in [0.29, 0.717) is 35.2 Å². The summed E-state index contributed by atoms with van der Waals surface area (Å²) in [7, 11) is 1.82. The third-order valence-corrected chi connectivity index (χ3v) is 7.22. The first kappa shape index (κ1) is 27.4. The maximum absolute atomic E-state index is 13.3. The van der Waals surface area contributed by atoms with E-state index < -0.39 is 11.7 Å². The van der Waals surface area contributed by atoms with Crippen LogP contribution >= 0.6 is 11.3 Å². The van der Waals surface area contributed by atoms with Crippen LogP contribution in [0, 0.1) is 6.92 Å². The molecule has 0 fully saturated rings. The molecule has 1 amide bonds. The van der Waals surface area contributed by atoms with Gasteiger partial charge in [-0.15, -0.1) is 11.3 Å². The molecule has 0 saturated carbocycles. The Hall–Kier alpha value is -3.59. The Balaban J connectivity index is 1.64. The summed E-state index contributed by atoms with van der Waals surface area (Å²) in [4.78, 5) is 19.7. The third kappa shape index (κ3) is 6.45. The van der Waals surface area contributed by atoms with Gasteiger partial charge in [0.1, 0.15) is 0 Å². The van der Waals surface area contributed by atoms with Crippen molar-refractivity contribution in [1.82, 2.24) is 14.5 Å². The van der Waals surface area contributed by atoms with Gasteiger partial charge in [0.2, 0.25) is 0 Å². The number of aryl methyl sites for hydroxylation is 1. The monoisotopic (exact) mass is 540 g/mol. The first-order valence-electron chi connectivity index (χ1n) is 12.6. The van der Waals surface area contributed by atoms with Gasteiger partial charge >= 0.3 is 6.18 Å². The molecular formula is C29H31F3N4OS. The molecular weight excluding hydrogens is 509 g/mol. The molecule has 0 unspecified atom stereocenters. The molecule has 0 atom stereocenters. The summed E-state index contributed by atoms with van der Waals surface area (Å²) in [5.41, 5.74) is 3.74. The molecule has 2 aromatic heterocycles. The molecule has 2 heterocycles. The van der Waals surface area contributed by atoms with Crippen LogP contribution in [0.4, 0.5) is 24.0 Å². The highest BCUT2D eigenvalue weighted by Gasteiger charge is 2.30. The number of amides is 1. The molecule has 0 radical (unpaired) electrons. The van der Waals surface area contributed by atoms with Gasteiger partial charge in [-0.2, -0.15) is 13.2 Å². The predicted octanol–water partition coefficient (Wildman–Crippen LogP) is 7.80. The molecule has 0 aliphatic rings. The summed E-state index contributed by atoms with van der Waals surface area (Å²) >= 11 is 1.30. The fourth-order valence-electron chi connectivity index (χ4n) is 4.30. The zero-order chi connectivity index (χ0) is 27.3. The number of halogens is 3. The standard InChI is InChI=1S/C29H31F3N4OS/c1-4-5-15-35(3)27(37)24-18-26(36(20(24)2)16-14-21-10-7-6-8-11-21)25-19-38-28(34-25)33-23-13-9-12-22(17-23)29(30,31)32/h6-13,17-19H,4-5,14-16H2,1-3H3,(H,33,34). The average molecular weight is 541 g/mol. The number of unbranched alkanes of at least 4 members (excludes halogenated alkanes) is 1. The molecule has 4 aromatic rings. The molecule has 5 nitrogen and oxygen atoms in total. The lowest BCUT2D eigenvalue weighted by atomic mass is 10.1. The number of alkyl halides is 3. The maximum Gasteiger partial charge on any atom is 0.416 e. The second-order valence-electron chi connectivity index (χ2n) is 9.24. The van der Waals surface area contributed by atoms with E-state index in [4.69, 9.17) is 0 Å². The van der Waals surface area contributed by atoms with Gasteiger partial charge in [0, 0.05) is 36.9 Å². The lowest BCUT2D eigenvalue weighted by molar-refractivity contribution is -0.137. The van der Waals surface area contributed by atoms with E-state index in [2.05, 4.69) is 33.9 Å². The number of hydrogen-bond acceptors (Lipinski definition) is 4. The van der Waals surface area contributed by atoms with Crippen molar-refractivity contribution in [3.05, 3.63) is 88.4 Å². The van der Waals surface area contributed by atoms with Crippen molar-refractivity contribution < 1.29 is 18.0 Å². The quantitative estimate of drug-likeness (QED) is 0.223. The van der Waals surface area contributed by atoms with E-state index in [1.807, 2.05) is 43.6 Å². The van der Waals surface area contributed by atoms with Gasteiger partial charge in [0.05, 0.1) is 22.5 Å². The Bertz CT molecular complexity index is 1380. The number of nitrogens with zero attached hydrogens (tertiary/aromatic N) is 3. The molecule has 4 rings (SSSR count). The highest BCUT2D eigenvalue weighted by Crippen LogP contribution is 2.34. The summed E-state index contributed by atoms with van der Waals surface area (Å²) < 4.78 is 41.5. The van der Waals surface area contributed by atoms with Crippen LogP contribution in [0.3, 0.4) is 0 Å². The number of carbonyl (C=O) groups excluding carboxylic acids is 1. The molecule has 0 aliphatic carbocycles. The topological polar surface area (TPSA) is 50.2 Å². The first-order valence-corrected chi connectivity index (χ1v) is 13.4. The van der Waals surface area contributed by atoms with E-state index >= 15 is 0 Å². The van der Waals surface area contributed by atoms with Crippen molar-refractivity contribution in [3.63, 3.8) is 0 Å². The molecule has 200 valence electrons. The molecule has 0 bridgehead atoms. The minimum atomic E-state index is -4.42. The van der Waals surface area contributed by atoms with Crippen molar-refractivity contribution in [2.45, 2.75) is 45.8 Å². The normalized spacial score (nSPS) is 11.5. The Morgan fingerprint density at radius 1 is 1.11 bits per heavy atom. The highest BCUT2D eigenvalue weighted by molar-refractivity contribution is 7.14. The second-order valence-corrected chi connectivity index (χ2v) is 10.1. The van der Waals surface area contributed by atoms with E-state index in [9.17, 15) is 18.0 Å². The summed E-state index contributed by atoms with van der Waals surface area (Å²) in [5, 5.41) is 5.33. The highest BCUT2D eigenvalue weighted by atomic mass is 32.1. The average Bonchev–Trinajstić information content (AvgIpc) is 3.49. The molecule has 38 heavy (non-hydrogen) atoms. The number of benzene rings is 2. The Morgan fingerprint density at radius 2 is 1.87 bits per heavy atom. The number of rotatable bonds is 10. The van der Waals surface area contributed by atoms with Crippen LogP contribution in [-0.4, -0.2) is 34.0 Å². The smallest absolute Gasteiger partial charge is 0.342 e. The largest absolute Gasteiger partial charge is 0.416 e. The van der Waals surface area contributed by atoms with Gasteiger partial charge in [0.25, 0.3) is 5.91 Å². The zero-order valence-corrected chi connectivity index (χ0v) is 22.5. The van der Waals surface area contributed by atoms with Crippen LogP contribution in [-0.2, 0) is 19.1 Å². The van der Waals surface area contributed by atoms with Crippen LogP contribution in [0.2, 0.25) is 0 Å². The van der Waals surface area contributed by atoms with Gasteiger partial charge in [-0.25, -0.2) is 4.98 Å². The minimum absolute atomic E-state index is 0.0341. The van der Waals surface area contributed by atoms with Crippen LogP contribution in [0.1, 0.15) is 46.9 Å². The lowest BCUT2D eigenvalue weighted by Gasteiger charge is -2.17. The van der Waals surface area contributed by atoms with Crippen molar-refractivity contribution in [1.29, 1.82) is 0 Å². The van der Waals surface area contributed by atoms with E-state index in [1.54, 1.807) is 11.0 Å². The van der Waals surface area contributed by atoms with Gasteiger partial charge in [-0.1, -0.05) is 49.7 Å². The Morgan fingerprint density at radius 3 is 2.58 bits per heavy atom. The predicted molar refractivity (Wildman–Crippen MR) is 147 cm³/mol. The summed E-state index contributed by atoms with van der Waals surface area (Å²) in [5.74, 6) is -0.0341. The van der Waals surface area contributed by atoms with Gasteiger partial charge in [-0.05, 0) is 49.6 Å². The number of anilines is 2. The summed E-state index contributed by atoms with van der Waals surface area (Å²) in [6, 6.07) is 17.1. The molecule has 9 heteroatoms. The van der Waals surface area contributed by atoms with Crippen molar-refractivity contribution in [2.75, 3.05) is 18.9 Å². The van der Waals surface area contributed by atoms with Gasteiger partial charge in [0.15, 0.2) is 5.13 Å². The molecule has 2 aromatic carbocycles. The Labute approximate surface area is 224 Å². The number of hydrogen-bond donors (Lipinski definition) is 1. The molecule has 0 saturated heterocycles. The number of nitrogens with one attached hydrogen (secondary N) is 1. The van der Waals surface area contributed by atoms with E-state index in [-0.39, 0.29) is 5.91 Å².